The van der Waals surface area contributed by atoms with Crippen LogP contribution in [0.15, 0.2) is 42.5 Å². The maximum Gasteiger partial charge on any atom is 0.311 e. The van der Waals surface area contributed by atoms with Crippen molar-refractivity contribution >= 4 is 29.4 Å². The number of halogens is 1. The van der Waals surface area contributed by atoms with Crippen molar-refractivity contribution in [1.29, 1.82) is 0 Å². The van der Waals surface area contributed by atoms with Gasteiger partial charge in [0.25, 0.3) is 0 Å². The van der Waals surface area contributed by atoms with Gasteiger partial charge in [-0.05, 0) is 97.6 Å². The molecular formula is C31H36ClNO5. The third-order valence-corrected chi connectivity index (χ3v) is 8.98. The summed E-state index contributed by atoms with van der Waals surface area (Å²) in [5.41, 5.74) is 1.97. The lowest BCUT2D eigenvalue weighted by Crippen LogP contribution is -2.59. The number of hydrogen-bond donors (Lipinski definition) is 1. The Labute approximate surface area is 229 Å². The van der Waals surface area contributed by atoms with Crippen LogP contribution in [0.5, 0.6) is 11.5 Å². The van der Waals surface area contributed by atoms with Gasteiger partial charge in [-0.25, -0.2) is 0 Å². The number of benzene rings is 2. The molecule has 2 aromatic carbocycles. The predicted molar refractivity (Wildman–Crippen MR) is 145 cm³/mol. The second-order valence-corrected chi connectivity index (χ2v) is 11.9. The predicted octanol–water partition coefficient (Wildman–Crippen LogP) is 6.17. The van der Waals surface area contributed by atoms with Gasteiger partial charge in [-0.3, -0.25) is 14.4 Å². The van der Waals surface area contributed by atoms with Gasteiger partial charge >= 0.3 is 11.9 Å². The Morgan fingerprint density at radius 3 is 2.16 bits per heavy atom. The molecule has 0 spiro atoms. The van der Waals surface area contributed by atoms with Crippen molar-refractivity contribution in [2.75, 3.05) is 6.54 Å². The molecule has 2 atom stereocenters. The van der Waals surface area contributed by atoms with Gasteiger partial charge in [-0.2, -0.15) is 0 Å². The van der Waals surface area contributed by atoms with E-state index >= 15 is 0 Å². The minimum absolute atomic E-state index is 0.0653. The molecule has 38 heavy (non-hydrogen) atoms. The Hall–Kier alpha value is -2.86. The first kappa shape index (κ1) is 26.7. The fourth-order valence-corrected chi connectivity index (χ4v) is 7.56. The highest BCUT2D eigenvalue weighted by molar-refractivity contribution is 6.30. The highest BCUT2D eigenvalue weighted by Crippen LogP contribution is 2.65. The van der Waals surface area contributed by atoms with Crippen molar-refractivity contribution in [3.63, 3.8) is 0 Å². The van der Waals surface area contributed by atoms with Crippen molar-refractivity contribution in [3.05, 3.63) is 58.6 Å². The van der Waals surface area contributed by atoms with Gasteiger partial charge < -0.3 is 14.8 Å². The maximum absolute atomic E-state index is 13.7. The second-order valence-electron chi connectivity index (χ2n) is 11.5. The number of nitrogens with one attached hydrogen (secondary N) is 1. The standard InChI is InChI=1S/C31H36ClNO5/c1-3-27(34)37-25-10-5-20(14-26(25)38-28(35)4-2)11-12-33-29(36)31-17-21-13-22(18-31)16-30(15-21,19-31)23-6-8-24(32)9-7-23/h5-10,14,21-22H,3-4,11-13,15-19H2,1-2H3,(H,33,36). The maximum atomic E-state index is 13.7. The molecule has 1 N–H and O–H groups in total. The Morgan fingerprint density at radius 2 is 1.53 bits per heavy atom. The van der Waals surface area contributed by atoms with Crippen molar-refractivity contribution in [1.82, 2.24) is 5.32 Å². The Kier molecular flexibility index (Phi) is 7.54. The van der Waals surface area contributed by atoms with Gasteiger partial charge in [0.2, 0.25) is 5.91 Å². The van der Waals surface area contributed by atoms with E-state index in [9.17, 15) is 14.4 Å². The van der Waals surface area contributed by atoms with Crippen molar-refractivity contribution in [2.24, 2.45) is 17.3 Å². The number of amides is 1. The van der Waals surface area contributed by atoms with E-state index in [0.29, 0.717) is 24.8 Å². The fourth-order valence-electron chi connectivity index (χ4n) is 7.44. The topological polar surface area (TPSA) is 81.7 Å². The number of esters is 2. The zero-order valence-electron chi connectivity index (χ0n) is 22.2. The van der Waals surface area contributed by atoms with Gasteiger partial charge in [0, 0.05) is 24.4 Å². The van der Waals surface area contributed by atoms with E-state index < -0.39 is 11.9 Å². The quantitative estimate of drug-likeness (QED) is 0.305. The highest BCUT2D eigenvalue weighted by Gasteiger charge is 2.60. The molecule has 2 unspecified atom stereocenters. The van der Waals surface area contributed by atoms with Crippen LogP contribution in [-0.2, 0) is 26.2 Å². The molecule has 6 rings (SSSR count). The minimum Gasteiger partial charge on any atom is -0.423 e. The lowest BCUT2D eigenvalue weighted by Gasteiger charge is -2.61. The first-order valence-electron chi connectivity index (χ1n) is 13.8. The summed E-state index contributed by atoms with van der Waals surface area (Å²) < 4.78 is 10.8. The molecule has 4 saturated carbocycles. The van der Waals surface area contributed by atoms with Gasteiger partial charge in [0.1, 0.15) is 0 Å². The normalized spacial score (nSPS) is 27.1. The third kappa shape index (κ3) is 5.33. The monoisotopic (exact) mass is 537 g/mol. The summed E-state index contributed by atoms with van der Waals surface area (Å²) in [4.78, 5) is 37.4. The van der Waals surface area contributed by atoms with Crippen LogP contribution in [0.2, 0.25) is 5.02 Å². The van der Waals surface area contributed by atoms with E-state index in [-0.39, 0.29) is 41.1 Å². The van der Waals surface area contributed by atoms with Crippen LogP contribution in [0.25, 0.3) is 0 Å². The molecule has 0 heterocycles. The van der Waals surface area contributed by atoms with Crippen molar-refractivity contribution in [2.45, 2.75) is 77.0 Å². The molecule has 0 saturated heterocycles. The first-order valence-corrected chi connectivity index (χ1v) is 14.2. The number of carbonyl (C=O) groups excluding carboxylic acids is 3. The molecule has 4 aliphatic carbocycles. The van der Waals surface area contributed by atoms with Gasteiger partial charge in [0.05, 0.1) is 5.41 Å². The molecule has 202 valence electrons. The van der Waals surface area contributed by atoms with E-state index in [0.717, 1.165) is 42.7 Å². The summed E-state index contributed by atoms with van der Waals surface area (Å²) in [7, 11) is 0. The summed E-state index contributed by atoms with van der Waals surface area (Å²) in [5, 5.41) is 3.99. The van der Waals surface area contributed by atoms with Crippen molar-refractivity contribution in [3.8, 4) is 11.5 Å². The SMILES string of the molecule is CCC(=O)Oc1ccc(CCNC(=O)C23CC4CC(C2)CC(c2ccc(Cl)cc2)(C4)C3)cc1OC(=O)CC. The third-order valence-electron chi connectivity index (χ3n) is 8.73. The minimum atomic E-state index is -0.402. The van der Waals surface area contributed by atoms with Crippen LogP contribution < -0.4 is 14.8 Å². The van der Waals surface area contributed by atoms with Crippen LogP contribution in [0.3, 0.4) is 0 Å². The second kappa shape index (κ2) is 10.7. The fraction of sp³-hybridized carbons (Fsp3) is 0.516. The van der Waals surface area contributed by atoms with Crippen LogP contribution >= 0.6 is 11.6 Å². The zero-order valence-corrected chi connectivity index (χ0v) is 22.9. The molecule has 0 radical (unpaired) electrons. The van der Waals surface area contributed by atoms with E-state index in [4.69, 9.17) is 21.1 Å². The van der Waals surface area contributed by atoms with E-state index in [1.165, 1.54) is 12.0 Å². The lowest BCUT2D eigenvalue weighted by molar-refractivity contribution is -0.149. The number of ether oxygens (including phenoxy) is 2. The number of carbonyl (C=O) groups is 3. The molecular weight excluding hydrogens is 502 g/mol. The van der Waals surface area contributed by atoms with Gasteiger partial charge in [-0.1, -0.05) is 43.6 Å². The average Bonchev–Trinajstić information content (AvgIpc) is 2.89. The summed E-state index contributed by atoms with van der Waals surface area (Å²) in [5.74, 6) is 1.00. The molecule has 0 aliphatic heterocycles. The van der Waals surface area contributed by atoms with Gasteiger partial charge in [-0.15, -0.1) is 0 Å². The lowest BCUT2D eigenvalue weighted by atomic mass is 9.42. The van der Waals surface area contributed by atoms with Crippen LogP contribution in [0, 0.1) is 17.3 Å². The van der Waals surface area contributed by atoms with Crippen LogP contribution in [0.1, 0.15) is 76.3 Å². The molecule has 7 heteroatoms. The molecule has 4 aliphatic rings. The molecule has 4 bridgehead atoms. The molecule has 1 amide bonds. The Bertz CT molecular complexity index is 1210. The largest absolute Gasteiger partial charge is 0.423 e. The Morgan fingerprint density at radius 1 is 0.895 bits per heavy atom. The van der Waals surface area contributed by atoms with Crippen molar-refractivity contribution < 1.29 is 23.9 Å². The number of hydrogen-bond acceptors (Lipinski definition) is 5. The van der Waals surface area contributed by atoms with Crippen LogP contribution in [-0.4, -0.2) is 24.4 Å². The highest BCUT2D eigenvalue weighted by atomic mass is 35.5. The summed E-state index contributed by atoms with van der Waals surface area (Å²) in [6.45, 7) is 3.90. The summed E-state index contributed by atoms with van der Waals surface area (Å²) in [6, 6.07) is 13.5. The average molecular weight is 538 g/mol. The first-order chi connectivity index (χ1) is 18.2. The molecule has 6 nitrogen and oxygen atoms in total. The molecule has 4 fully saturated rings. The van der Waals surface area contributed by atoms with E-state index in [1.54, 1.807) is 26.0 Å². The van der Waals surface area contributed by atoms with E-state index in [2.05, 4.69) is 17.4 Å². The van der Waals surface area contributed by atoms with E-state index in [1.807, 2.05) is 18.2 Å². The molecule has 0 aromatic heterocycles. The number of rotatable bonds is 9. The van der Waals surface area contributed by atoms with Crippen LogP contribution in [0.4, 0.5) is 0 Å². The Balaban J connectivity index is 1.27. The molecule has 2 aromatic rings. The summed E-state index contributed by atoms with van der Waals surface area (Å²) in [6.07, 6.45) is 7.41. The smallest absolute Gasteiger partial charge is 0.311 e. The zero-order chi connectivity index (χ0) is 26.9. The summed E-state index contributed by atoms with van der Waals surface area (Å²) >= 11 is 6.17. The van der Waals surface area contributed by atoms with Gasteiger partial charge in [0.15, 0.2) is 11.5 Å².